The predicted octanol–water partition coefficient (Wildman–Crippen LogP) is 3.60. The summed E-state index contributed by atoms with van der Waals surface area (Å²) in [6.45, 7) is 1.19. The van der Waals surface area contributed by atoms with Crippen molar-refractivity contribution in [2.24, 2.45) is 0 Å². The minimum Gasteiger partial charge on any atom is -0.449 e. The molecule has 0 fully saturated rings. The number of hydrogen-bond donors (Lipinski definition) is 1. The van der Waals surface area contributed by atoms with E-state index in [0.29, 0.717) is 11.6 Å². The summed E-state index contributed by atoms with van der Waals surface area (Å²) in [7, 11) is 0. The van der Waals surface area contributed by atoms with Gasteiger partial charge in [0.05, 0.1) is 10.6 Å². The molecule has 0 aliphatic carbocycles. The van der Waals surface area contributed by atoms with E-state index in [1.54, 1.807) is 0 Å². The number of carbonyl (C=O) groups is 2. The van der Waals surface area contributed by atoms with Crippen LogP contribution in [0.15, 0.2) is 42.5 Å². The first-order chi connectivity index (χ1) is 13.2. The van der Waals surface area contributed by atoms with E-state index in [4.69, 9.17) is 4.74 Å². The summed E-state index contributed by atoms with van der Waals surface area (Å²) in [6, 6.07) is 6.90. The number of nitrogens with one attached hydrogen (secondary N) is 1. The lowest BCUT2D eigenvalue weighted by Gasteiger charge is -2.13. The topological polar surface area (TPSA) is 98.5 Å². The molecular weight excluding hydrogens is 381 g/mol. The number of ether oxygens (including phenoxy) is 1. The molecule has 2 aromatic rings. The van der Waals surface area contributed by atoms with Gasteiger partial charge in [-0.1, -0.05) is 12.1 Å². The molecule has 2 aromatic carbocycles. The first kappa shape index (κ1) is 20.6. The number of nitrogens with zero attached hydrogens (tertiary/aromatic N) is 1. The first-order valence-corrected chi connectivity index (χ1v) is 7.76. The van der Waals surface area contributed by atoms with Gasteiger partial charge < -0.3 is 10.1 Å². The highest BCUT2D eigenvalue weighted by Gasteiger charge is 2.20. The summed E-state index contributed by atoms with van der Waals surface area (Å²) < 4.78 is 44.4. The molecule has 2 rings (SSSR count). The average molecular weight is 394 g/mol. The highest BCUT2D eigenvalue weighted by atomic mass is 19.2. The van der Waals surface area contributed by atoms with E-state index in [1.165, 1.54) is 37.3 Å². The van der Waals surface area contributed by atoms with Crippen LogP contribution in [0.25, 0.3) is 6.08 Å². The van der Waals surface area contributed by atoms with Crippen molar-refractivity contribution < 1.29 is 32.4 Å². The maximum atomic E-state index is 13.6. The van der Waals surface area contributed by atoms with Crippen LogP contribution in [0.5, 0.6) is 0 Å². The third-order valence-corrected chi connectivity index (χ3v) is 3.45. The Morgan fingerprint density at radius 2 is 1.89 bits per heavy atom. The SMILES string of the molecule is CC(OC(=O)/C=C/c1cccc([N+](=O)[O-])c1)C(=O)Nc1ccc(F)c(F)c1F. The number of halogens is 3. The van der Waals surface area contributed by atoms with Crippen molar-refractivity contribution >= 4 is 29.3 Å². The van der Waals surface area contributed by atoms with Gasteiger partial charge in [-0.05, 0) is 30.7 Å². The zero-order chi connectivity index (χ0) is 20.8. The van der Waals surface area contributed by atoms with Gasteiger partial charge in [-0.3, -0.25) is 14.9 Å². The zero-order valence-corrected chi connectivity index (χ0v) is 14.3. The number of amides is 1. The minimum atomic E-state index is -1.75. The summed E-state index contributed by atoms with van der Waals surface area (Å²) in [6.07, 6.45) is 0.811. The fourth-order valence-electron chi connectivity index (χ4n) is 2.03. The van der Waals surface area contributed by atoms with Gasteiger partial charge in [0.2, 0.25) is 0 Å². The molecule has 146 valence electrons. The molecule has 0 bridgehead atoms. The molecule has 1 amide bonds. The lowest BCUT2D eigenvalue weighted by atomic mass is 10.2. The quantitative estimate of drug-likeness (QED) is 0.265. The Balaban J connectivity index is 1.98. The first-order valence-electron chi connectivity index (χ1n) is 7.76. The van der Waals surface area contributed by atoms with Crippen LogP contribution in [0.4, 0.5) is 24.5 Å². The largest absolute Gasteiger partial charge is 0.449 e. The van der Waals surface area contributed by atoms with Gasteiger partial charge in [-0.25, -0.2) is 18.0 Å². The number of carbonyl (C=O) groups excluding carboxylic acids is 2. The van der Waals surface area contributed by atoms with Crippen LogP contribution in [-0.2, 0) is 14.3 Å². The van der Waals surface area contributed by atoms with Crippen molar-refractivity contribution in [1.29, 1.82) is 0 Å². The van der Waals surface area contributed by atoms with Crippen molar-refractivity contribution in [3.05, 3.63) is 75.6 Å². The van der Waals surface area contributed by atoms with Crippen LogP contribution in [0, 0.1) is 27.6 Å². The monoisotopic (exact) mass is 394 g/mol. The van der Waals surface area contributed by atoms with Gasteiger partial charge in [-0.15, -0.1) is 0 Å². The normalized spacial score (nSPS) is 11.9. The molecule has 0 radical (unpaired) electrons. The average Bonchev–Trinajstić information content (AvgIpc) is 2.66. The second-order valence-electron chi connectivity index (χ2n) is 5.48. The fourth-order valence-corrected chi connectivity index (χ4v) is 2.03. The number of nitro benzene ring substituents is 1. The maximum absolute atomic E-state index is 13.6. The maximum Gasteiger partial charge on any atom is 0.331 e. The van der Waals surface area contributed by atoms with Crippen LogP contribution >= 0.6 is 0 Å². The van der Waals surface area contributed by atoms with E-state index in [-0.39, 0.29) is 5.69 Å². The lowest BCUT2D eigenvalue weighted by Crippen LogP contribution is -2.29. The third kappa shape index (κ3) is 5.16. The Morgan fingerprint density at radius 1 is 1.18 bits per heavy atom. The lowest BCUT2D eigenvalue weighted by molar-refractivity contribution is -0.384. The van der Waals surface area contributed by atoms with Crippen molar-refractivity contribution in [1.82, 2.24) is 0 Å². The standard InChI is InChI=1S/C18H13F3N2O5/c1-10(18(25)22-14-7-6-13(19)16(20)17(14)21)28-15(24)8-5-11-3-2-4-12(9-11)23(26)27/h2-10H,1H3,(H,22,25)/b8-5+. The summed E-state index contributed by atoms with van der Waals surface area (Å²) >= 11 is 0. The summed E-state index contributed by atoms with van der Waals surface area (Å²) in [4.78, 5) is 33.8. The third-order valence-electron chi connectivity index (χ3n) is 3.45. The van der Waals surface area contributed by atoms with Crippen LogP contribution in [-0.4, -0.2) is 22.9 Å². The number of non-ortho nitro benzene ring substituents is 1. The van der Waals surface area contributed by atoms with E-state index in [2.05, 4.69) is 0 Å². The van der Waals surface area contributed by atoms with Crippen molar-refractivity contribution in [2.75, 3.05) is 5.32 Å². The van der Waals surface area contributed by atoms with Crippen molar-refractivity contribution in [2.45, 2.75) is 13.0 Å². The molecular formula is C18H13F3N2O5. The van der Waals surface area contributed by atoms with Gasteiger partial charge in [0.15, 0.2) is 23.6 Å². The molecule has 7 nitrogen and oxygen atoms in total. The van der Waals surface area contributed by atoms with E-state index in [1.807, 2.05) is 5.32 Å². The van der Waals surface area contributed by atoms with Gasteiger partial charge in [0.25, 0.3) is 11.6 Å². The van der Waals surface area contributed by atoms with E-state index in [0.717, 1.165) is 12.1 Å². The van der Waals surface area contributed by atoms with Crippen molar-refractivity contribution in [3.63, 3.8) is 0 Å². The van der Waals surface area contributed by atoms with E-state index in [9.17, 15) is 32.9 Å². The van der Waals surface area contributed by atoms with Gasteiger partial charge in [0, 0.05) is 18.2 Å². The second kappa shape index (κ2) is 8.80. The Kier molecular flexibility index (Phi) is 6.48. The molecule has 1 atom stereocenters. The molecule has 0 spiro atoms. The number of esters is 1. The molecule has 0 aromatic heterocycles. The Hall–Kier alpha value is -3.69. The highest BCUT2D eigenvalue weighted by molar-refractivity contribution is 5.96. The number of benzene rings is 2. The second-order valence-corrected chi connectivity index (χ2v) is 5.48. The number of hydrogen-bond acceptors (Lipinski definition) is 5. The number of nitro groups is 1. The smallest absolute Gasteiger partial charge is 0.331 e. The molecule has 0 saturated heterocycles. The molecule has 1 N–H and O–H groups in total. The Labute approximate surface area is 156 Å². The summed E-state index contributed by atoms with van der Waals surface area (Å²) in [5, 5.41) is 12.7. The predicted molar refractivity (Wildman–Crippen MR) is 92.6 cm³/mol. The number of anilines is 1. The Morgan fingerprint density at radius 3 is 2.57 bits per heavy atom. The molecule has 0 saturated carbocycles. The van der Waals surface area contributed by atoms with Crippen molar-refractivity contribution in [3.8, 4) is 0 Å². The molecule has 0 heterocycles. The van der Waals surface area contributed by atoms with Gasteiger partial charge >= 0.3 is 5.97 Å². The molecule has 1 unspecified atom stereocenters. The van der Waals surface area contributed by atoms with E-state index < -0.39 is 46.0 Å². The number of rotatable bonds is 6. The van der Waals surface area contributed by atoms with Gasteiger partial charge in [0.1, 0.15) is 0 Å². The van der Waals surface area contributed by atoms with Crippen LogP contribution in [0.1, 0.15) is 12.5 Å². The highest BCUT2D eigenvalue weighted by Crippen LogP contribution is 2.20. The fraction of sp³-hybridized carbons (Fsp3) is 0.111. The molecule has 10 heteroatoms. The Bertz CT molecular complexity index is 962. The van der Waals surface area contributed by atoms with Crippen LogP contribution in [0.3, 0.4) is 0 Å². The van der Waals surface area contributed by atoms with Crippen LogP contribution in [0.2, 0.25) is 0 Å². The molecule has 0 aliphatic heterocycles. The molecule has 28 heavy (non-hydrogen) atoms. The van der Waals surface area contributed by atoms with Crippen LogP contribution < -0.4 is 5.32 Å². The minimum absolute atomic E-state index is 0.170. The van der Waals surface area contributed by atoms with E-state index >= 15 is 0 Å². The summed E-state index contributed by atoms with van der Waals surface area (Å²) in [5.74, 6) is -6.66. The molecule has 0 aliphatic rings. The summed E-state index contributed by atoms with van der Waals surface area (Å²) in [5.41, 5.74) is -0.428. The van der Waals surface area contributed by atoms with Gasteiger partial charge in [-0.2, -0.15) is 0 Å². The zero-order valence-electron chi connectivity index (χ0n) is 14.3.